The average Bonchev–Trinajstić information content (AvgIpc) is 3.29. The summed E-state index contributed by atoms with van der Waals surface area (Å²) in [6, 6.07) is 12.0. The summed E-state index contributed by atoms with van der Waals surface area (Å²) in [6.07, 6.45) is 7.86. The Morgan fingerprint density at radius 2 is 2.00 bits per heavy atom. The van der Waals surface area contributed by atoms with Gasteiger partial charge in [0.2, 0.25) is 5.82 Å². The van der Waals surface area contributed by atoms with E-state index in [-0.39, 0.29) is 0 Å². The van der Waals surface area contributed by atoms with Crippen LogP contribution in [0.25, 0.3) is 17.1 Å². The summed E-state index contributed by atoms with van der Waals surface area (Å²) in [4.78, 5) is 0. The van der Waals surface area contributed by atoms with Crippen LogP contribution in [0, 0.1) is 0 Å². The van der Waals surface area contributed by atoms with Crippen molar-refractivity contribution in [1.29, 1.82) is 0 Å². The molecule has 0 atom stereocenters. The van der Waals surface area contributed by atoms with E-state index >= 15 is 0 Å². The van der Waals surface area contributed by atoms with E-state index in [1.807, 2.05) is 64.4 Å². The molecule has 4 aromatic rings. The van der Waals surface area contributed by atoms with E-state index in [4.69, 9.17) is 0 Å². The fourth-order valence-electron chi connectivity index (χ4n) is 2.36. The lowest BCUT2D eigenvalue weighted by Gasteiger charge is -2.03. The summed E-state index contributed by atoms with van der Waals surface area (Å²) < 4.78 is 3.93. The van der Waals surface area contributed by atoms with Crippen LogP contribution in [0.4, 0.5) is 0 Å². The minimum atomic E-state index is 0.593. The van der Waals surface area contributed by atoms with Crippen LogP contribution in [0.3, 0.4) is 0 Å². The first-order chi connectivity index (χ1) is 10.9. The quantitative estimate of drug-likeness (QED) is 0.623. The third-order valence-electron chi connectivity index (χ3n) is 3.40. The predicted octanol–water partition coefficient (Wildman–Crippen LogP) is 1.90. The second-order valence-electron chi connectivity index (χ2n) is 4.92. The number of hydrogen-bond donors (Lipinski definition) is 1. The molecule has 0 bridgehead atoms. The molecule has 0 saturated heterocycles. The Hall–Kier alpha value is -3.22. The number of nitrogens with zero attached hydrogens (tertiary/aromatic N) is 6. The maximum absolute atomic E-state index is 4.41. The van der Waals surface area contributed by atoms with Crippen LogP contribution in [0.15, 0.2) is 61.2 Å². The summed E-state index contributed by atoms with van der Waals surface area (Å²) in [7, 11) is 0. The number of tetrazole rings is 1. The first-order valence-corrected chi connectivity index (χ1v) is 6.87. The van der Waals surface area contributed by atoms with Gasteiger partial charge in [0.1, 0.15) is 0 Å². The Balaban J connectivity index is 1.58. The van der Waals surface area contributed by atoms with Crippen LogP contribution in [-0.4, -0.2) is 35.0 Å². The first-order valence-electron chi connectivity index (χ1n) is 6.87. The molecule has 108 valence electrons. The smallest absolute Gasteiger partial charge is 0.204 e. The maximum atomic E-state index is 4.41. The highest BCUT2D eigenvalue weighted by Gasteiger charge is 2.05. The zero-order chi connectivity index (χ0) is 14.8. The van der Waals surface area contributed by atoms with Crippen LogP contribution in [0.2, 0.25) is 0 Å². The summed E-state index contributed by atoms with van der Waals surface area (Å²) in [5, 5.41) is 18.5. The summed E-state index contributed by atoms with van der Waals surface area (Å²) in [6.45, 7) is 0.687. The second-order valence-corrected chi connectivity index (χ2v) is 4.92. The summed E-state index contributed by atoms with van der Waals surface area (Å²) in [5.41, 5.74) is 3.10. The molecular weight excluding hydrogens is 278 g/mol. The fraction of sp³-hybridized carbons (Fsp3) is 0.0667. The zero-order valence-corrected chi connectivity index (χ0v) is 11.7. The van der Waals surface area contributed by atoms with Gasteiger partial charge in [0.05, 0.1) is 18.4 Å². The molecular formula is C15H13N7. The Morgan fingerprint density at radius 3 is 2.82 bits per heavy atom. The molecule has 4 rings (SSSR count). The van der Waals surface area contributed by atoms with Crippen molar-refractivity contribution in [3.63, 3.8) is 0 Å². The molecule has 0 unspecified atom stereocenters. The van der Waals surface area contributed by atoms with Crippen molar-refractivity contribution < 1.29 is 0 Å². The first kappa shape index (κ1) is 12.5. The molecule has 3 aromatic heterocycles. The fourth-order valence-corrected chi connectivity index (χ4v) is 2.36. The molecule has 0 amide bonds. The van der Waals surface area contributed by atoms with Gasteiger partial charge in [-0.2, -0.15) is 10.3 Å². The standard InChI is InChI=1S/C15H13N7/c1-2-7-21(6-1)14-9-16-22(11-14)10-12-4-3-5-13(8-12)15-17-19-20-18-15/h1-9,11H,10H2,(H,17,18,19,20). The van der Waals surface area contributed by atoms with Crippen LogP contribution in [0.5, 0.6) is 0 Å². The molecule has 3 heterocycles. The lowest BCUT2D eigenvalue weighted by atomic mass is 10.1. The second kappa shape index (κ2) is 5.28. The van der Waals surface area contributed by atoms with Crippen molar-refractivity contribution in [1.82, 2.24) is 35.0 Å². The third kappa shape index (κ3) is 2.39. The van der Waals surface area contributed by atoms with E-state index in [1.165, 1.54) is 0 Å². The van der Waals surface area contributed by atoms with Crippen LogP contribution >= 0.6 is 0 Å². The zero-order valence-electron chi connectivity index (χ0n) is 11.7. The highest BCUT2D eigenvalue weighted by molar-refractivity contribution is 5.54. The summed E-state index contributed by atoms with van der Waals surface area (Å²) >= 11 is 0. The van der Waals surface area contributed by atoms with E-state index < -0.39 is 0 Å². The molecule has 7 heteroatoms. The minimum Gasteiger partial charge on any atom is -0.321 e. The Labute approximate surface area is 126 Å². The lowest BCUT2D eigenvalue weighted by Crippen LogP contribution is -2.00. The van der Waals surface area contributed by atoms with Crippen molar-refractivity contribution in [2.75, 3.05) is 0 Å². The van der Waals surface area contributed by atoms with Crippen molar-refractivity contribution in [2.45, 2.75) is 6.54 Å². The monoisotopic (exact) mass is 291 g/mol. The maximum Gasteiger partial charge on any atom is 0.204 e. The number of rotatable bonds is 4. The van der Waals surface area contributed by atoms with Gasteiger partial charge in [0.25, 0.3) is 0 Å². The number of hydrogen-bond acceptors (Lipinski definition) is 4. The van der Waals surface area contributed by atoms with Gasteiger partial charge in [0.15, 0.2) is 0 Å². The number of aromatic amines is 1. The van der Waals surface area contributed by atoms with Gasteiger partial charge in [-0.25, -0.2) is 0 Å². The lowest BCUT2D eigenvalue weighted by molar-refractivity contribution is 0.686. The van der Waals surface area contributed by atoms with Gasteiger partial charge in [-0.05, 0) is 29.0 Å². The Bertz CT molecular complexity index is 859. The van der Waals surface area contributed by atoms with Gasteiger partial charge < -0.3 is 4.57 Å². The molecule has 0 aliphatic carbocycles. The number of benzene rings is 1. The molecule has 1 N–H and O–H groups in total. The third-order valence-corrected chi connectivity index (χ3v) is 3.40. The molecule has 0 spiro atoms. The molecule has 22 heavy (non-hydrogen) atoms. The SMILES string of the molecule is c1cc(Cn2cc(-n3cccc3)cn2)cc(-c2nn[nH]n2)c1. The number of aromatic nitrogens is 7. The van der Waals surface area contributed by atoms with E-state index in [0.29, 0.717) is 12.4 Å². The van der Waals surface area contributed by atoms with Gasteiger partial charge in [-0.3, -0.25) is 4.68 Å². The number of nitrogens with one attached hydrogen (secondary N) is 1. The van der Waals surface area contributed by atoms with E-state index in [0.717, 1.165) is 16.8 Å². The highest BCUT2D eigenvalue weighted by Crippen LogP contribution is 2.16. The van der Waals surface area contributed by atoms with Crippen LogP contribution in [0.1, 0.15) is 5.56 Å². The molecule has 0 fully saturated rings. The van der Waals surface area contributed by atoms with Crippen molar-refractivity contribution in [3.05, 3.63) is 66.7 Å². The Morgan fingerprint density at radius 1 is 1.09 bits per heavy atom. The molecule has 0 saturated carbocycles. The molecule has 0 radical (unpaired) electrons. The molecule has 1 aromatic carbocycles. The molecule has 7 nitrogen and oxygen atoms in total. The number of H-pyrrole nitrogens is 1. The van der Waals surface area contributed by atoms with Crippen molar-refractivity contribution in [2.24, 2.45) is 0 Å². The van der Waals surface area contributed by atoms with E-state index in [9.17, 15) is 0 Å². The van der Waals surface area contributed by atoms with E-state index in [1.54, 1.807) is 0 Å². The predicted molar refractivity (Wildman–Crippen MR) is 80.3 cm³/mol. The molecule has 0 aliphatic rings. The van der Waals surface area contributed by atoms with Gasteiger partial charge in [-0.1, -0.05) is 18.2 Å². The molecule has 0 aliphatic heterocycles. The largest absolute Gasteiger partial charge is 0.321 e. The van der Waals surface area contributed by atoms with Gasteiger partial charge >= 0.3 is 0 Å². The van der Waals surface area contributed by atoms with Crippen molar-refractivity contribution >= 4 is 0 Å². The van der Waals surface area contributed by atoms with Gasteiger partial charge in [-0.15, -0.1) is 10.2 Å². The topological polar surface area (TPSA) is 77.2 Å². The average molecular weight is 291 g/mol. The minimum absolute atomic E-state index is 0.593. The van der Waals surface area contributed by atoms with Crippen molar-refractivity contribution in [3.8, 4) is 17.1 Å². The Kier molecular flexibility index (Phi) is 3.01. The van der Waals surface area contributed by atoms with Crippen LogP contribution in [-0.2, 0) is 6.54 Å². The van der Waals surface area contributed by atoms with Gasteiger partial charge in [0, 0.05) is 24.2 Å². The van der Waals surface area contributed by atoms with Crippen LogP contribution < -0.4 is 0 Å². The summed E-state index contributed by atoms with van der Waals surface area (Å²) in [5.74, 6) is 0.593. The highest BCUT2D eigenvalue weighted by atomic mass is 15.5. The normalized spacial score (nSPS) is 10.9. The van der Waals surface area contributed by atoms with E-state index in [2.05, 4.69) is 31.8 Å².